The molecule has 0 spiro atoms. The zero-order valence-electron chi connectivity index (χ0n) is 20.7. The van der Waals surface area contributed by atoms with E-state index in [0.29, 0.717) is 17.1 Å². The molecule has 1 aliphatic rings. The smallest absolute Gasteiger partial charge is 0.280 e. The molecule has 0 fully saturated rings. The number of anilines is 1. The molecular weight excluding hydrogens is 498 g/mol. The number of nitrogens with one attached hydrogen (secondary N) is 1. The number of sulfonamides is 1. The highest BCUT2D eigenvalue weighted by atomic mass is 32.2. The minimum absolute atomic E-state index is 0.0163. The first-order valence-electron chi connectivity index (χ1n) is 11.3. The minimum atomic E-state index is -4.17. The lowest BCUT2D eigenvalue weighted by atomic mass is 10.1. The lowest BCUT2D eigenvalue weighted by molar-refractivity contribution is -0.0299. The monoisotopic (exact) mass is 525 g/mol. The maximum Gasteiger partial charge on any atom is 0.280 e. The molecule has 3 heterocycles. The van der Waals surface area contributed by atoms with Gasteiger partial charge in [0.15, 0.2) is 28.2 Å². The topological polar surface area (TPSA) is 136 Å². The Kier molecular flexibility index (Phi) is 7.60. The van der Waals surface area contributed by atoms with Gasteiger partial charge in [-0.2, -0.15) is 13.4 Å². The maximum absolute atomic E-state index is 13.3. The molecule has 11 nitrogen and oxygen atoms in total. The van der Waals surface area contributed by atoms with E-state index in [4.69, 9.17) is 14.2 Å². The van der Waals surface area contributed by atoms with Crippen LogP contribution in [0.4, 0.5) is 5.82 Å². The van der Waals surface area contributed by atoms with E-state index in [1.165, 1.54) is 32.7 Å². The van der Waals surface area contributed by atoms with Gasteiger partial charge < -0.3 is 14.2 Å². The van der Waals surface area contributed by atoms with Gasteiger partial charge in [-0.15, -0.1) is 0 Å². The van der Waals surface area contributed by atoms with Crippen molar-refractivity contribution in [1.29, 1.82) is 0 Å². The summed E-state index contributed by atoms with van der Waals surface area (Å²) < 4.78 is 46.0. The van der Waals surface area contributed by atoms with Gasteiger partial charge in [0.05, 0.1) is 20.8 Å². The number of allylic oxidation sites excluding steroid dienone is 2. The maximum atomic E-state index is 13.3. The third-order valence-electron chi connectivity index (χ3n) is 5.42. The van der Waals surface area contributed by atoms with Crippen LogP contribution in [0.5, 0.6) is 23.1 Å². The summed E-state index contributed by atoms with van der Waals surface area (Å²) in [5.74, 6) is 0.817. The number of ether oxygens (including phenoxy) is 3. The molecule has 0 unspecified atom stereocenters. The average molecular weight is 526 g/mol. The van der Waals surface area contributed by atoms with Crippen molar-refractivity contribution in [1.82, 2.24) is 20.0 Å². The molecule has 3 aromatic rings. The van der Waals surface area contributed by atoms with Crippen LogP contribution in [0, 0.1) is 0 Å². The van der Waals surface area contributed by atoms with Crippen LogP contribution in [0.25, 0.3) is 5.57 Å². The second-order valence-electron chi connectivity index (χ2n) is 8.27. The van der Waals surface area contributed by atoms with Gasteiger partial charge in [-0.25, -0.2) is 9.97 Å². The van der Waals surface area contributed by atoms with Crippen molar-refractivity contribution < 1.29 is 27.8 Å². The summed E-state index contributed by atoms with van der Waals surface area (Å²) in [5.41, 5.74) is 1.45. The molecule has 2 N–H and O–H groups in total. The third kappa shape index (κ3) is 5.81. The Bertz CT molecular complexity index is 1440. The molecule has 4 rings (SSSR count). The van der Waals surface area contributed by atoms with E-state index in [0.717, 1.165) is 10.6 Å². The second-order valence-corrected chi connectivity index (χ2v) is 9.90. The standard InChI is InChI=1S/C25H27N5O6S/c1-16(2)18-9-10-21(26-15-18)37(32,33)29-24-22(36-20-8-6-5-7-19(20)34-3)25(35-4)28-23(27-24)17-11-13-30(31)14-12-17/h5-13,15-16,31H,14H2,1-4H3,(H,27,28,29). The summed E-state index contributed by atoms with van der Waals surface area (Å²) in [6.07, 6.45) is 6.23. The number of methoxy groups -OCH3 is 2. The predicted octanol–water partition coefficient (Wildman–Crippen LogP) is 4.21. The molecule has 12 heteroatoms. The van der Waals surface area contributed by atoms with Crippen LogP contribution in [-0.4, -0.2) is 54.4 Å². The van der Waals surface area contributed by atoms with Crippen LogP contribution in [0.3, 0.4) is 0 Å². The highest BCUT2D eigenvalue weighted by Gasteiger charge is 2.26. The Morgan fingerprint density at radius 1 is 1.05 bits per heavy atom. The molecule has 1 aromatic carbocycles. The summed E-state index contributed by atoms with van der Waals surface area (Å²) in [7, 11) is -1.30. The van der Waals surface area contributed by atoms with Crippen LogP contribution < -0.4 is 18.9 Å². The minimum Gasteiger partial charge on any atom is -0.493 e. The molecule has 0 aliphatic carbocycles. The van der Waals surface area contributed by atoms with Gasteiger partial charge in [-0.3, -0.25) is 15.0 Å². The Morgan fingerprint density at radius 2 is 1.81 bits per heavy atom. The number of nitrogens with zero attached hydrogens (tertiary/aromatic N) is 4. The van der Waals surface area contributed by atoms with E-state index in [-0.39, 0.29) is 40.8 Å². The van der Waals surface area contributed by atoms with E-state index in [1.54, 1.807) is 42.5 Å². The summed E-state index contributed by atoms with van der Waals surface area (Å²) in [6.45, 7) is 4.18. The van der Waals surface area contributed by atoms with Crippen molar-refractivity contribution in [2.75, 3.05) is 25.5 Å². The van der Waals surface area contributed by atoms with Gasteiger partial charge >= 0.3 is 0 Å². The predicted molar refractivity (Wildman–Crippen MR) is 136 cm³/mol. The Hall–Kier alpha value is -4.16. The number of rotatable bonds is 9. The molecule has 194 valence electrons. The number of benzene rings is 1. The molecule has 1 aliphatic heterocycles. The van der Waals surface area contributed by atoms with E-state index in [9.17, 15) is 13.6 Å². The molecule has 0 saturated heterocycles. The number of hydrogen-bond acceptors (Lipinski definition) is 10. The second kappa shape index (κ2) is 10.8. The van der Waals surface area contributed by atoms with Gasteiger partial charge in [0, 0.05) is 18.0 Å². The Labute approximate surface area is 215 Å². The first-order chi connectivity index (χ1) is 17.7. The summed E-state index contributed by atoms with van der Waals surface area (Å²) in [5, 5.41) is 10.4. The van der Waals surface area contributed by atoms with Gasteiger partial charge in [-0.05, 0) is 35.8 Å². The average Bonchev–Trinajstić information content (AvgIpc) is 2.90. The summed E-state index contributed by atoms with van der Waals surface area (Å²) in [4.78, 5) is 13.0. The van der Waals surface area contributed by atoms with Crippen LogP contribution >= 0.6 is 0 Å². The number of hydrogen-bond donors (Lipinski definition) is 2. The highest BCUT2D eigenvalue weighted by Crippen LogP contribution is 2.41. The zero-order valence-corrected chi connectivity index (χ0v) is 21.6. The van der Waals surface area contributed by atoms with Gasteiger partial charge in [0.2, 0.25) is 5.75 Å². The molecule has 0 atom stereocenters. The van der Waals surface area contributed by atoms with Gasteiger partial charge in [-0.1, -0.05) is 38.1 Å². The lowest BCUT2D eigenvalue weighted by Gasteiger charge is -2.19. The van der Waals surface area contributed by atoms with Crippen molar-refractivity contribution in [3.05, 3.63) is 72.3 Å². The van der Waals surface area contributed by atoms with Crippen molar-refractivity contribution in [2.45, 2.75) is 24.8 Å². The van der Waals surface area contributed by atoms with Crippen molar-refractivity contribution in [3.63, 3.8) is 0 Å². The number of pyridine rings is 1. The summed E-state index contributed by atoms with van der Waals surface area (Å²) in [6, 6.07) is 9.99. The molecule has 0 saturated carbocycles. The van der Waals surface area contributed by atoms with Crippen molar-refractivity contribution in [2.24, 2.45) is 0 Å². The Morgan fingerprint density at radius 3 is 2.41 bits per heavy atom. The van der Waals surface area contributed by atoms with E-state index >= 15 is 0 Å². The third-order valence-corrected chi connectivity index (χ3v) is 6.68. The van der Waals surface area contributed by atoms with Crippen LogP contribution in [0.1, 0.15) is 31.2 Å². The molecule has 0 bridgehead atoms. The number of aromatic nitrogens is 3. The molecule has 0 amide bonds. The first kappa shape index (κ1) is 25.9. The van der Waals surface area contributed by atoms with E-state index < -0.39 is 10.0 Å². The highest BCUT2D eigenvalue weighted by molar-refractivity contribution is 7.92. The number of hydroxylamine groups is 2. The fourth-order valence-electron chi connectivity index (χ4n) is 3.40. The van der Waals surface area contributed by atoms with Gasteiger partial charge in [0.25, 0.3) is 15.9 Å². The normalized spacial score (nSPS) is 13.4. The van der Waals surface area contributed by atoms with Crippen LogP contribution in [-0.2, 0) is 10.0 Å². The van der Waals surface area contributed by atoms with E-state index in [2.05, 4.69) is 19.7 Å². The molecular formula is C25H27N5O6S. The van der Waals surface area contributed by atoms with Crippen molar-refractivity contribution >= 4 is 21.4 Å². The zero-order chi connectivity index (χ0) is 26.6. The largest absolute Gasteiger partial charge is 0.493 e. The first-order valence-corrected chi connectivity index (χ1v) is 12.8. The molecule has 2 aromatic heterocycles. The van der Waals surface area contributed by atoms with Crippen LogP contribution in [0.2, 0.25) is 0 Å². The van der Waals surface area contributed by atoms with Crippen molar-refractivity contribution in [3.8, 4) is 23.1 Å². The van der Waals surface area contributed by atoms with E-state index in [1.807, 2.05) is 13.8 Å². The van der Waals surface area contributed by atoms with Crippen LogP contribution in [0.15, 0.2) is 66.0 Å². The quantitative estimate of drug-likeness (QED) is 0.418. The lowest BCUT2D eigenvalue weighted by Crippen LogP contribution is -2.18. The number of para-hydroxylation sites is 2. The van der Waals surface area contributed by atoms with Gasteiger partial charge in [0.1, 0.15) is 0 Å². The fraction of sp³-hybridized carbons (Fsp3) is 0.240. The molecule has 37 heavy (non-hydrogen) atoms. The summed E-state index contributed by atoms with van der Waals surface area (Å²) >= 11 is 0. The molecule has 0 radical (unpaired) electrons. The Balaban J connectivity index is 1.81. The fourth-order valence-corrected chi connectivity index (χ4v) is 4.33. The SMILES string of the molecule is COc1ccccc1Oc1c(NS(=O)(=O)c2ccc(C(C)C)cn2)nc(C2=CCN(O)C=C2)nc1OC.